The highest BCUT2D eigenvalue weighted by Gasteiger charge is 2.19. The summed E-state index contributed by atoms with van der Waals surface area (Å²) in [6.45, 7) is 7.95. The van der Waals surface area contributed by atoms with Crippen molar-refractivity contribution < 1.29 is 13.9 Å². The summed E-state index contributed by atoms with van der Waals surface area (Å²) < 4.78 is 11.9. The van der Waals surface area contributed by atoms with Crippen LogP contribution in [-0.4, -0.2) is 13.0 Å². The number of anilines is 1. The number of fused-ring (bicyclic) bond motifs is 2. The summed E-state index contributed by atoms with van der Waals surface area (Å²) >= 11 is 0. The van der Waals surface area contributed by atoms with Crippen LogP contribution >= 0.6 is 0 Å². The molecule has 0 spiro atoms. The van der Waals surface area contributed by atoms with Crippen LogP contribution in [0.1, 0.15) is 29.2 Å². The summed E-state index contributed by atoms with van der Waals surface area (Å²) in [6, 6.07) is 22.7. The summed E-state index contributed by atoms with van der Waals surface area (Å²) in [5.41, 5.74) is 8.48. The quantitative estimate of drug-likeness (QED) is 0.261. The number of hydrogen-bond acceptors (Lipinski definition) is 3. The third kappa shape index (κ3) is 4.16. The van der Waals surface area contributed by atoms with Crippen molar-refractivity contribution in [3.63, 3.8) is 0 Å². The lowest BCUT2D eigenvalue weighted by Crippen LogP contribution is -2.10. The fourth-order valence-corrected chi connectivity index (χ4v) is 4.94. The van der Waals surface area contributed by atoms with E-state index in [-0.39, 0.29) is 5.91 Å². The molecule has 5 rings (SSSR count). The molecule has 0 fully saturated rings. The molecule has 4 aromatic carbocycles. The number of nitrogens with one attached hydrogen (secondary N) is 1. The molecule has 1 amide bonds. The van der Waals surface area contributed by atoms with Crippen LogP contribution in [0.3, 0.4) is 0 Å². The predicted molar refractivity (Wildman–Crippen MR) is 149 cm³/mol. The number of carbonyl (C=O) groups excluding carboxylic acids is 1. The number of furan rings is 1. The van der Waals surface area contributed by atoms with E-state index < -0.39 is 0 Å². The molecule has 0 bridgehead atoms. The molecule has 0 aliphatic heterocycles. The molecule has 0 unspecified atom stereocenters. The van der Waals surface area contributed by atoms with Gasteiger partial charge in [0.15, 0.2) is 0 Å². The van der Waals surface area contributed by atoms with E-state index in [1.165, 1.54) is 5.39 Å². The molecule has 4 nitrogen and oxygen atoms in total. The molecule has 0 atom stereocenters. The molecule has 0 radical (unpaired) electrons. The first-order chi connectivity index (χ1) is 17.4. The minimum absolute atomic E-state index is 0.180. The van der Waals surface area contributed by atoms with Crippen LogP contribution in [0.5, 0.6) is 5.75 Å². The number of hydrogen-bond donors (Lipinski definition) is 1. The van der Waals surface area contributed by atoms with E-state index in [2.05, 4.69) is 53.8 Å². The van der Waals surface area contributed by atoms with Gasteiger partial charge in [-0.3, -0.25) is 4.79 Å². The molecule has 4 heteroatoms. The lowest BCUT2D eigenvalue weighted by atomic mass is 9.94. The van der Waals surface area contributed by atoms with Crippen molar-refractivity contribution >= 4 is 38.9 Å². The average molecular weight is 476 g/mol. The van der Waals surface area contributed by atoms with Gasteiger partial charge in [0.25, 0.3) is 0 Å². The molecular weight excluding hydrogens is 446 g/mol. The molecule has 0 aliphatic rings. The Morgan fingerprint density at radius 1 is 0.917 bits per heavy atom. The van der Waals surface area contributed by atoms with E-state index in [9.17, 15) is 4.79 Å². The zero-order valence-corrected chi connectivity index (χ0v) is 21.2. The summed E-state index contributed by atoms with van der Waals surface area (Å²) in [6.07, 6.45) is 3.44. The van der Waals surface area contributed by atoms with Gasteiger partial charge in [-0.1, -0.05) is 60.2 Å². The fraction of sp³-hybridized carbons (Fsp3) is 0.156. The highest BCUT2D eigenvalue weighted by atomic mass is 16.5. The molecule has 0 aliphatic carbocycles. The lowest BCUT2D eigenvalue weighted by Gasteiger charge is -2.14. The maximum atomic E-state index is 12.9. The number of benzene rings is 4. The highest BCUT2D eigenvalue weighted by Crippen LogP contribution is 2.42. The van der Waals surface area contributed by atoms with Gasteiger partial charge in [-0.15, -0.1) is 0 Å². The Balaban J connectivity index is 1.60. The SMILES string of the molecule is COc1c(/C(C)=C/C(=O)Nc2ccc(C)cc2C)cc2c(-c3cccc4ccccc34)coc2c1C. The maximum Gasteiger partial charge on any atom is 0.248 e. The fourth-order valence-electron chi connectivity index (χ4n) is 4.94. The van der Waals surface area contributed by atoms with Crippen molar-refractivity contribution in [2.75, 3.05) is 12.4 Å². The van der Waals surface area contributed by atoms with Crippen molar-refractivity contribution in [1.29, 1.82) is 0 Å². The molecule has 5 aromatic rings. The third-order valence-corrected chi connectivity index (χ3v) is 6.74. The van der Waals surface area contributed by atoms with Crippen LogP contribution in [0.2, 0.25) is 0 Å². The predicted octanol–water partition coefficient (Wildman–Crippen LogP) is 8.23. The monoisotopic (exact) mass is 475 g/mol. The van der Waals surface area contributed by atoms with Crippen LogP contribution < -0.4 is 10.1 Å². The Kier molecular flexibility index (Phi) is 6.11. The molecule has 1 N–H and O–H groups in total. The second kappa shape index (κ2) is 9.38. The summed E-state index contributed by atoms with van der Waals surface area (Å²) in [7, 11) is 1.65. The minimum Gasteiger partial charge on any atom is -0.496 e. The first kappa shape index (κ1) is 23.4. The third-order valence-electron chi connectivity index (χ3n) is 6.74. The van der Waals surface area contributed by atoms with Gasteiger partial charge < -0.3 is 14.5 Å². The number of rotatable bonds is 5. The summed E-state index contributed by atoms with van der Waals surface area (Å²) in [5, 5.41) is 6.33. The van der Waals surface area contributed by atoms with Crippen molar-refractivity contribution in [2.45, 2.75) is 27.7 Å². The standard InChI is InChI=1S/C32H29NO3/c1-19-13-14-29(21(3)15-19)33-30(34)16-20(2)26-17-27-28(18-36-32(27)22(4)31(26)35-5)25-12-8-10-23-9-6-7-11-24(23)25/h6-18H,1-5H3,(H,33,34)/b20-16+. The van der Waals surface area contributed by atoms with Gasteiger partial charge in [0, 0.05) is 33.8 Å². The number of aryl methyl sites for hydroxylation is 3. The molecular formula is C32H29NO3. The second-order valence-corrected chi connectivity index (χ2v) is 9.27. The first-order valence-electron chi connectivity index (χ1n) is 12.0. The van der Waals surface area contributed by atoms with Gasteiger partial charge in [0.05, 0.1) is 13.4 Å². The molecule has 36 heavy (non-hydrogen) atoms. The van der Waals surface area contributed by atoms with E-state index >= 15 is 0 Å². The van der Waals surface area contributed by atoms with Crippen LogP contribution in [-0.2, 0) is 4.79 Å². The lowest BCUT2D eigenvalue weighted by molar-refractivity contribution is -0.111. The minimum atomic E-state index is -0.180. The van der Waals surface area contributed by atoms with Crippen LogP contribution in [0.15, 0.2) is 83.5 Å². The van der Waals surface area contributed by atoms with Crippen molar-refractivity contribution in [2.24, 2.45) is 0 Å². The Bertz CT molecular complexity index is 1650. The van der Waals surface area contributed by atoms with Crippen molar-refractivity contribution in [3.8, 4) is 16.9 Å². The van der Waals surface area contributed by atoms with Gasteiger partial charge in [-0.2, -0.15) is 0 Å². The van der Waals surface area contributed by atoms with E-state index in [1.54, 1.807) is 13.2 Å². The highest BCUT2D eigenvalue weighted by molar-refractivity contribution is 6.08. The maximum absolute atomic E-state index is 12.9. The number of allylic oxidation sites excluding steroid dienone is 1. The molecule has 0 saturated carbocycles. The Morgan fingerprint density at radius 2 is 1.69 bits per heavy atom. The van der Waals surface area contributed by atoms with Gasteiger partial charge in [0.1, 0.15) is 11.3 Å². The molecule has 0 saturated heterocycles. The van der Waals surface area contributed by atoms with Gasteiger partial charge in [-0.25, -0.2) is 0 Å². The average Bonchev–Trinajstić information content (AvgIpc) is 3.29. The van der Waals surface area contributed by atoms with Gasteiger partial charge in [0.2, 0.25) is 5.91 Å². The molecule has 1 aromatic heterocycles. The molecule has 180 valence electrons. The molecule has 1 heterocycles. The zero-order valence-electron chi connectivity index (χ0n) is 21.2. The van der Waals surface area contributed by atoms with Crippen LogP contribution in [0.4, 0.5) is 5.69 Å². The number of methoxy groups -OCH3 is 1. The smallest absolute Gasteiger partial charge is 0.248 e. The van der Waals surface area contributed by atoms with Crippen LogP contribution in [0, 0.1) is 20.8 Å². The van der Waals surface area contributed by atoms with Crippen LogP contribution in [0.25, 0.3) is 38.4 Å². The van der Waals surface area contributed by atoms with Gasteiger partial charge >= 0.3 is 0 Å². The normalized spacial score (nSPS) is 11.8. The number of ether oxygens (including phenoxy) is 1. The summed E-state index contributed by atoms with van der Waals surface area (Å²) in [5.74, 6) is 0.523. The number of carbonyl (C=O) groups is 1. The van der Waals surface area contributed by atoms with E-state index in [0.717, 1.165) is 61.0 Å². The van der Waals surface area contributed by atoms with E-state index in [4.69, 9.17) is 9.15 Å². The van der Waals surface area contributed by atoms with Gasteiger partial charge in [-0.05, 0) is 67.3 Å². The first-order valence-corrected chi connectivity index (χ1v) is 12.0. The zero-order chi connectivity index (χ0) is 25.4. The number of amides is 1. The Morgan fingerprint density at radius 3 is 2.47 bits per heavy atom. The summed E-state index contributed by atoms with van der Waals surface area (Å²) in [4.78, 5) is 12.9. The van der Waals surface area contributed by atoms with Crippen molar-refractivity contribution in [3.05, 3.63) is 101 Å². The topological polar surface area (TPSA) is 51.5 Å². The Hall–Kier alpha value is -4.31. The second-order valence-electron chi connectivity index (χ2n) is 9.27. The Labute approximate surface area is 211 Å². The van der Waals surface area contributed by atoms with E-state index in [1.807, 2.05) is 52.2 Å². The van der Waals surface area contributed by atoms with Crippen molar-refractivity contribution in [1.82, 2.24) is 0 Å². The largest absolute Gasteiger partial charge is 0.496 e. The van der Waals surface area contributed by atoms with E-state index in [0.29, 0.717) is 5.75 Å².